The zero-order valence-electron chi connectivity index (χ0n) is 11.2. The van der Waals surface area contributed by atoms with E-state index in [4.69, 9.17) is 4.74 Å². The Labute approximate surface area is 108 Å². The summed E-state index contributed by atoms with van der Waals surface area (Å²) >= 11 is 0. The average molecular weight is 248 g/mol. The molecule has 4 nitrogen and oxygen atoms in total. The lowest BCUT2D eigenvalue weighted by Crippen LogP contribution is -2.28. The average Bonchev–Trinajstić information content (AvgIpc) is 2.35. The Balaban J connectivity index is 2.49. The molecule has 1 atom stereocenters. The number of hydrogen-bond acceptors (Lipinski definition) is 3. The van der Waals surface area contributed by atoms with E-state index in [2.05, 4.69) is 16.9 Å². The molecule has 0 aliphatic rings. The lowest BCUT2D eigenvalue weighted by atomic mass is 10.0. The first-order valence-electron chi connectivity index (χ1n) is 5.93. The molecule has 18 heavy (non-hydrogen) atoms. The minimum absolute atomic E-state index is 0.0285. The molecule has 0 fully saturated rings. The zero-order valence-corrected chi connectivity index (χ0v) is 11.2. The van der Waals surface area contributed by atoms with Gasteiger partial charge in [-0.15, -0.1) is 6.58 Å². The molecule has 1 heterocycles. The molecule has 1 amide bonds. The van der Waals surface area contributed by atoms with E-state index < -0.39 is 0 Å². The van der Waals surface area contributed by atoms with Crippen molar-refractivity contribution < 1.29 is 9.53 Å². The molecule has 0 aliphatic carbocycles. The molecule has 0 saturated carbocycles. The number of nitrogens with zero attached hydrogens (tertiary/aromatic N) is 1. The summed E-state index contributed by atoms with van der Waals surface area (Å²) in [5.74, 6) is 0.665. The number of amides is 1. The van der Waals surface area contributed by atoms with Gasteiger partial charge in [0.2, 0.25) is 5.91 Å². The summed E-state index contributed by atoms with van der Waals surface area (Å²) in [7, 11) is 1.59. The number of hydrogen-bond donors (Lipinski definition) is 1. The standard InChI is InChI=1S/C14H20N2O2/c1-10(2)5-11(3)14(17)16-8-12-6-13(18-4)9-15-7-12/h6-7,9,11H,1,5,8H2,2-4H3,(H,16,17)/t11-/m0/s1. The van der Waals surface area contributed by atoms with Crippen molar-refractivity contribution in [1.29, 1.82) is 0 Å². The van der Waals surface area contributed by atoms with Crippen LogP contribution in [-0.4, -0.2) is 18.0 Å². The van der Waals surface area contributed by atoms with Gasteiger partial charge in [-0.25, -0.2) is 0 Å². The van der Waals surface area contributed by atoms with Crippen molar-refractivity contribution in [1.82, 2.24) is 10.3 Å². The second-order valence-electron chi connectivity index (χ2n) is 4.51. The monoisotopic (exact) mass is 248 g/mol. The van der Waals surface area contributed by atoms with E-state index in [0.717, 1.165) is 11.1 Å². The Morgan fingerprint density at radius 1 is 1.56 bits per heavy atom. The van der Waals surface area contributed by atoms with Crippen molar-refractivity contribution in [3.63, 3.8) is 0 Å². The lowest BCUT2D eigenvalue weighted by molar-refractivity contribution is -0.124. The maximum Gasteiger partial charge on any atom is 0.223 e. The number of pyridine rings is 1. The van der Waals surface area contributed by atoms with Gasteiger partial charge in [0.05, 0.1) is 13.3 Å². The lowest BCUT2D eigenvalue weighted by Gasteiger charge is -2.12. The molecule has 0 radical (unpaired) electrons. The Kier molecular flexibility index (Phi) is 5.36. The first-order chi connectivity index (χ1) is 8.52. The van der Waals surface area contributed by atoms with Gasteiger partial charge in [-0.1, -0.05) is 12.5 Å². The molecule has 1 N–H and O–H groups in total. The summed E-state index contributed by atoms with van der Waals surface area (Å²) in [6.45, 7) is 8.10. The van der Waals surface area contributed by atoms with Crippen LogP contribution >= 0.6 is 0 Å². The molecular weight excluding hydrogens is 228 g/mol. The van der Waals surface area contributed by atoms with Crippen LogP contribution < -0.4 is 10.1 Å². The number of carbonyl (C=O) groups is 1. The predicted octanol–water partition coefficient (Wildman–Crippen LogP) is 2.31. The van der Waals surface area contributed by atoms with Crippen LogP contribution in [0, 0.1) is 5.92 Å². The molecule has 0 bridgehead atoms. The molecule has 1 rings (SSSR count). The van der Waals surface area contributed by atoms with Crippen LogP contribution in [0.15, 0.2) is 30.6 Å². The highest BCUT2D eigenvalue weighted by Crippen LogP contribution is 2.11. The summed E-state index contributed by atoms with van der Waals surface area (Å²) < 4.78 is 5.07. The number of nitrogens with one attached hydrogen (secondary N) is 1. The maximum absolute atomic E-state index is 11.8. The van der Waals surface area contributed by atoms with E-state index >= 15 is 0 Å². The van der Waals surface area contributed by atoms with Crippen LogP contribution in [0.25, 0.3) is 0 Å². The number of carbonyl (C=O) groups excluding carboxylic acids is 1. The van der Waals surface area contributed by atoms with E-state index in [9.17, 15) is 4.79 Å². The highest BCUT2D eigenvalue weighted by molar-refractivity contribution is 5.78. The molecule has 98 valence electrons. The van der Waals surface area contributed by atoms with Crippen molar-refractivity contribution in [2.24, 2.45) is 5.92 Å². The number of allylic oxidation sites excluding steroid dienone is 1. The van der Waals surface area contributed by atoms with E-state index in [1.807, 2.05) is 19.9 Å². The van der Waals surface area contributed by atoms with Gasteiger partial charge in [0, 0.05) is 18.7 Å². The fourth-order valence-electron chi connectivity index (χ4n) is 1.65. The van der Waals surface area contributed by atoms with Crippen molar-refractivity contribution in [2.45, 2.75) is 26.8 Å². The van der Waals surface area contributed by atoms with Gasteiger partial charge in [0.1, 0.15) is 5.75 Å². The number of methoxy groups -OCH3 is 1. The number of rotatable bonds is 6. The van der Waals surface area contributed by atoms with Crippen LogP contribution in [0.2, 0.25) is 0 Å². The Hall–Kier alpha value is -1.84. The first kappa shape index (κ1) is 14.2. The number of ether oxygens (including phenoxy) is 1. The molecule has 0 spiro atoms. The van der Waals surface area contributed by atoms with E-state index in [0.29, 0.717) is 18.7 Å². The largest absolute Gasteiger partial charge is 0.495 e. The third-order valence-electron chi connectivity index (χ3n) is 2.57. The van der Waals surface area contributed by atoms with Gasteiger partial charge < -0.3 is 10.1 Å². The number of aromatic nitrogens is 1. The van der Waals surface area contributed by atoms with Crippen molar-refractivity contribution >= 4 is 5.91 Å². The molecule has 0 aromatic carbocycles. The third-order valence-corrected chi connectivity index (χ3v) is 2.57. The first-order valence-corrected chi connectivity index (χ1v) is 5.93. The molecule has 4 heteroatoms. The molecular formula is C14H20N2O2. The van der Waals surface area contributed by atoms with Crippen LogP contribution in [0.3, 0.4) is 0 Å². The topological polar surface area (TPSA) is 51.2 Å². The highest BCUT2D eigenvalue weighted by atomic mass is 16.5. The fraction of sp³-hybridized carbons (Fsp3) is 0.429. The van der Waals surface area contributed by atoms with Gasteiger partial charge in [-0.2, -0.15) is 0 Å². The van der Waals surface area contributed by atoms with Gasteiger partial charge in [0.15, 0.2) is 0 Å². The maximum atomic E-state index is 11.8. The van der Waals surface area contributed by atoms with Crippen LogP contribution in [-0.2, 0) is 11.3 Å². The second-order valence-corrected chi connectivity index (χ2v) is 4.51. The smallest absolute Gasteiger partial charge is 0.223 e. The van der Waals surface area contributed by atoms with Crippen molar-refractivity contribution in [3.05, 3.63) is 36.2 Å². The van der Waals surface area contributed by atoms with Crippen LogP contribution in [0.4, 0.5) is 0 Å². The van der Waals surface area contributed by atoms with Gasteiger partial charge in [0.25, 0.3) is 0 Å². The second kappa shape index (κ2) is 6.79. The fourth-order valence-corrected chi connectivity index (χ4v) is 1.65. The normalized spacial score (nSPS) is 11.7. The summed E-state index contributed by atoms with van der Waals surface area (Å²) in [5, 5.41) is 2.88. The van der Waals surface area contributed by atoms with Crippen molar-refractivity contribution in [2.75, 3.05) is 7.11 Å². The van der Waals surface area contributed by atoms with Crippen LogP contribution in [0.1, 0.15) is 25.8 Å². The third kappa shape index (κ3) is 4.57. The summed E-state index contributed by atoms with van der Waals surface area (Å²) in [4.78, 5) is 15.8. The van der Waals surface area contributed by atoms with E-state index in [1.54, 1.807) is 19.5 Å². The molecule has 0 saturated heterocycles. The zero-order chi connectivity index (χ0) is 13.5. The Morgan fingerprint density at radius 3 is 2.89 bits per heavy atom. The summed E-state index contributed by atoms with van der Waals surface area (Å²) in [6.07, 6.45) is 4.06. The molecule has 1 aromatic rings. The van der Waals surface area contributed by atoms with E-state index in [1.165, 1.54) is 0 Å². The summed E-state index contributed by atoms with van der Waals surface area (Å²) in [5.41, 5.74) is 1.94. The predicted molar refractivity (Wildman–Crippen MR) is 71.2 cm³/mol. The molecule has 0 aliphatic heterocycles. The van der Waals surface area contributed by atoms with Gasteiger partial charge >= 0.3 is 0 Å². The SMILES string of the molecule is C=C(C)C[C@H](C)C(=O)NCc1cncc(OC)c1. The minimum Gasteiger partial charge on any atom is -0.495 e. The summed E-state index contributed by atoms with van der Waals surface area (Å²) in [6, 6.07) is 1.86. The Morgan fingerprint density at radius 2 is 2.28 bits per heavy atom. The van der Waals surface area contributed by atoms with Crippen molar-refractivity contribution in [3.8, 4) is 5.75 Å². The van der Waals surface area contributed by atoms with Crippen LogP contribution in [0.5, 0.6) is 5.75 Å². The quantitative estimate of drug-likeness (QED) is 0.786. The van der Waals surface area contributed by atoms with Gasteiger partial charge in [-0.3, -0.25) is 9.78 Å². The molecule has 1 aromatic heterocycles. The minimum atomic E-state index is -0.0546. The van der Waals surface area contributed by atoms with Gasteiger partial charge in [-0.05, 0) is 25.0 Å². The Bertz CT molecular complexity index is 430. The van der Waals surface area contributed by atoms with E-state index in [-0.39, 0.29) is 11.8 Å². The highest BCUT2D eigenvalue weighted by Gasteiger charge is 2.12. The molecule has 0 unspecified atom stereocenters.